The topological polar surface area (TPSA) is 18.5 Å². The van der Waals surface area contributed by atoms with Crippen molar-refractivity contribution in [2.45, 2.75) is 58.7 Å². The highest BCUT2D eigenvalue weighted by atomic mass is 15.3. The molecule has 0 saturated carbocycles. The first-order valence-corrected chi connectivity index (χ1v) is 13.8. The molecule has 1 N–H and O–H groups in total. The highest BCUT2D eigenvalue weighted by Gasteiger charge is 2.31. The van der Waals surface area contributed by atoms with Gasteiger partial charge in [-0.05, 0) is 47.9 Å². The first-order chi connectivity index (χ1) is 17.5. The molecule has 0 radical (unpaired) electrons. The van der Waals surface area contributed by atoms with Gasteiger partial charge in [0.05, 0.1) is 0 Å². The Hall–Kier alpha value is -2.46. The summed E-state index contributed by atoms with van der Waals surface area (Å²) in [5.41, 5.74) is 4.60. The van der Waals surface area contributed by atoms with Crippen LogP contribution in [0, 0.1) is 5.41 Å². The first kappa shape index (κ1) is 26.6. The molecule has 0 amide bonds. The van der Waals surface area contributed by atoms with Gasteiger partial charge < -0.3 is 5.32 Å². The van der Waals surface area contributed by atoms with Crippen LogP contribution >= 0.6 is 0 Å². The van der Waals surface area contributed by atoms with Crippen LogP contribution in [-0.2, 0) is 19.4 Å². The molecular weight excluding hydrogens is 438 g/mol. The molecule has 1 saturated heterocycles. The van der Waals surface area contributed by atoms with Crippen molar-refractivity contribution < 1.29 is 0 Å². The maximum atomic E-state index is 3.78. The second-order valence-electron chi connectivity index (χ2n) is 11.6. The van der Waals surface area contributed by atoms with Gasteiger partial charge in [0.2, 0.25) is 0 Å². The molecule has 4 rings (SSSR count). The van der Waals surface area contributed by atoms with E-state index in [1.165, 1.54) is 29.7 Å². The van der Waals surface area contributed by atoms with Crippen LogP contribution in [0.4, 0.5) is 0 Å². The van der Waals surface area contributed by atoms with Crippen LogP contribution in [0.1, 0.15) is 43.9 Å². The van der Waals surface area contributed by atoms with Crippen LogP contribution in [0.25, 0.3) is 0 Å². The van der Waals surface area contributed by atoms with Gasteiger partial charge in [-0.15, -0.1) is 0 Å². The minimum Gasteiger partial charge on any atom is -0.311 e. The quantitative estimate of drug-likeness (QED) is 0.358. The molecule has 1 fully saturated rings. The lowest BCUT2D eigenvalue weighted by Gasteiger charge is -2.45. The minimum atomic E-state index is 0.367. The molecule has 0 spiro atoms. The Morgan fingerprint density at radius 2 is 1.36 bits per heavy atom. The van der Waals surface area contributed by atoms with E-state index in [0.29, 0.717) is 17.5 Å². The fourth-order valence-corrected chi connectivity index (χ4v) is 5.30. The van der Waals surface area contributed by atoms with E-state index in [2.05, 4.69) is 127 Å². The molecule has 1 aliphatic heterocycles. The summed E-state index contributed by atoms with van der Waals surface area (Å²) >= 11 is 0. The molecule has 3 aromatic carbocycles. The molecule has 192 valence electrons. The molecule has 0 aromatic heterocycles. The predicted octanol–water partition coefficient (Wildman–Crippen LogP) is 6.05. The van der Waals surface area contributed by atoms with Gasteiger partial charge in [-0.2, -0.15) is 0 Å². The minimum absolute atomic E-state index is 0.367. The Labute approximate surface area is 219 Å². The highest BCUT2D eigenvalue weighted by molar-refractivity contribution is 5.18. The van der Waals surface area contributed by atoms with Gasteiger partial charge in [0.1, 0.15) is 0 Å². The summed E-state index contributed by atoms with van der Waals surface area (Å²) in [5.74, 6) is 0. The van der Waals surface area contributed by atoms with Crippen LogP contribution in [0.3, 0.4) is 0 Å². The molecule has 1 aliphatic rings. The van der Waals surface area contributed by atoms with Crippen molar-refractivity contribution in [2.75, 3.05) is 32.7 Å². The lowest BCUT2D eigenvalue weighted by Crippen LogP contribution is -2.58. The molecule has 0 bridgehead atoms. The third kappa shape index (κ3) is 8.58. The average Bonchev–Trinajstić information content (AvgIpc) is 2.89. The first-order valence-electron chi connectivity index (χ1n) is 13.8. The van der Waals surface area contributed by atoms with Crippen LogP contribution in [-0.4, -0.2) is 54.6 Å². The third-order valence-electron chi connectivity index (χ3n) is 7.48. The van der Waals surface area contributed by atoms with E-state index >= 15 is 0 Å². The van der Waals surface area contributed by atoms with E-state index in [-0.39, 0.29) is 0 Å². The van der Waals surface area contributed by atoms with Gasteiger partial charge in [-0.1, -0.05) is 112 Å². The molecule has 36 heavy (non-hydrogen) atoms. The van der Waals surface area contributed by atoms with Crippen molar-refractivity contribution in [1.82, 2.24) is 15.1 Å². The zero-order chi connectivity index (χ0) is 25.2. The molecule has 3 nitrogen and oxygen atoms in total. The number of hydrogen-bond acceptors (Lipinski definition) is 3. The fourth-order valence-electron chi connectivity index (χ4n) is 5.30. The molecule has 1 heterocycles. The maximum absolute atomic E-state index is 3.78. The number of piperazine rings is 1. The normalized spacial score (nSPS) is 18.2. The van der Waals surface area contributed by atoms with E-state index < -0.39 is 0 Å². The smallest absolute Gasteiger partial charge is 0.0264 e. The van der Waals surface area contributed by atoms with Crippen molar-refractivity contribution in [2.24, 2.45) is 5.41 Å². The predicted molar refractivity (Wildman–Crippen MR) is 153 cm³/mol. The van der Waals surface area contributed by atoms with Gasteiger partial charge >= 0.3 is 0 Å². The Kier molecular flexibility index (Phi) is 9.75. The van der Waals surface area contributed by atoms with Crippen molar-refractivity contribution in [1.29, 1.82) is 0 Å². The summed E-state index contributed by atoms with van der Waals surface area (Å²) in [6.45, 7) is 13.6. The summed E-state index contributed by atoms with van der Waals surface area (Å²) in [4.78, 5) is 5.54. The summed E-state index contributed by atoms with van der Waals surface area (Å²) < 4.78 is 0. The Morgan fingerprint density at radius 3 is 1.97 bits per heavy atom. The number of nitrogens with one attached hydrogen (secondary N) is 1. The largest absolute Gasteiger partial charge is 0.311 e. The van der Waals surface area contributed by atoms with Gasteiger partial charge in [0, 0.05) is 44.8 Å². The van der Waals surface area contributed by atoms with E-state index in [4.69, 9.17) is 0 Å². The molecule has 0 aliphatic carbocycles. The summed E-state index contributed by atoms with van der Waals surface area (Å²) in [7, 11) is 0. The fraction of sp³-hybridized carbons (Fsp3) is 0.455. The molecule has 2 unspecified atom stereocenters. The summed E-state index contributed by atoms with van der Waals surface area (Å²) in [6.07, 6.45) is 3.45. The third-order valence-corrected chi connectivity index (χ3v) is 7.48. The van der Waals surface area contributed by atoms with Crippen LogP contribution in [0.5, 0.6) is 0 Å². The molecule has 3 aromatic rings. The zero-order valence-electron chi connectivity index (χ0n) is 22.6. The Bertz CT molecular complexity index is 997. The second-order valence-corrected chi connectivity index (χ2v) is 11.6. The monoisotopic (exact) mass is 483 g/mol. The van der Waals surface area contributed by atoms with Crippen molar-refractivity contribution in [3.05, 3.63) is 108 Å². The molecule has 3 heteroatoms. The van der Waals surface area contributed by atoms with Crippen molar-refractivity contribution in [3.63, 3.8) is 0 Å². The van der Waals surface area contributed by atoms with E-state index in [0.717, 1.165) is 45.6 Å². The van der Waals surface area contributed by atoms with Crippen LogP contribution in [0.15, 0.2) is 91.0 Å². The number of hydrogen-bond donors (Lipinski definition) is 1. The zero-order valence-corrected chi connectivity index (χ0v) is 22.6. The van der Waals surface area contributed by atoms with E-state index in [1.54, 1.807) is 0 Å². The lowest BCUT2D eigenvalue weighted by molar-refractivity contribution is 0.0411. The van der Waals surface area contributed by atoms with Crippen molar-refractivity contribution in [3.8, 4) is 0 Å². The van der Waals surface area contributed by atoms with Crippen molar-refractivity contribution >= 4 is 0 Å². The lowest BCUT2D eigenvalue weighted by atomic mass is 9.91. The molecular formula is C33H45N3. The van der Waals surface area contributed by atoms with E-state index in [9.17, 15) is 0 Å². The number of nitrogens with zero attached hydrogens (tertiary/aromatic N) is 2. The van der Waals surface area contributed by atoms with Gasteiger partial charge in [-0.25, -0.2) is 0 Å². The second kappa shape index (κ2) is 13.2. The van der Waals surface area contributed by atoms with Crippen LogP contribution in [0.2, 0.25) is 0 Å². The van der Waals surface area contributed by atoms with Gasteiger partial charge in [0.15, 0.2) is 0 Å². The maximum Gasteiger partial charge on any atom is 0.0264 e. The number of rotatable bonds is 11. The highest BCUT2D eigenvalue weighted by Crippen LogP contribution is 2.24. The summed E-state index contributed by atoms with van der Waals surface area (Å²) in [6, 6.07) is 33.9. The SMILES string of the molecule is CC(C)(C)CCN1CCN(C(CNCc2ccccc2)Cc2ccccc2)CC1Cc1ccccc1. The van der Waals surface area contributed by atoms with Gasteiger partial charge in [-0.3, -0.25) is 9.80 Å². The van der Waals surface area contributed by atoms with E-state index in [1.807, 2.05) is 0 Å². The standard InChI is InChI=1S/C33H45N3/c1-33(2,3)19-20-35-21-22-36(27-32(35)24-29-15-9-5-10-16-29)31(23-28-13-7-4-8-14-28)26-34-25-30-17-11-6-12-18-30/h4-18,31-32,34H,19-27H2,1-3H3. The Morgan fingerprint density at radius 1 is 0.778 bits per heavy atom. The average molecular weight is 484 g/mol. The van der Waals surface area contributed by atoms with Gasteiger partial charge in [0.25, 0.3) is 0 Å². The molecule has 2 atom stereocenters. The number of benzene rings is 3. The summed E-state index contributed by atoms with van der Waals surface area (Å²) in [5, 5.41) is 3.78. The Balaban J connectivity index is 1.46. The van der Waals surface area contributed by atoms with Crippen LogP contribution < -0.4 is 5.32 Å².